The molecule has 0 saturated heterocycles. The van der Waals surface area contributed by atoms with Crippen LogP contribution in [-0.4, -0.2) is 60.7 Å². The number of aliphatic hydroxyl groups is 3. The molecule has 3 N–H and O–H groups in total. The van der Waals surface area contributed by atoms with Crippen LogP contribution in [0, 0.1) is 0 Å². The first-order chi connectivity index (χ1) is 9.03. The van der Waals surface area contributed by atoms with Crippen molar-refractivity contribution < 1.29 is 39.1 Å². The van der Waals surface area contributed by atoms with Crippen LogP contribution in [0.1, 0.15) is 86.6 Å². The Morgan fingerprint density at radius 2 is 1.04 bits per heavy atom. The Balaban J connectivity index is -0.0000000139. The van der Waals surface area contributed by atoms with E-state index in [0.717, 1.165) is 0 Å². The fraction of sp³-hybridized carbons (Fsp3) is 0.895. The minimum absolute atomic E-state index is 0. The number of aliphatic hydroxyl groups excluding tert-OH is 3. The van der Waals surface area contributed by atoms with Gasteiger partial charge in [0.25, 0.3) is 0 Å². The monoisotopic (exact) mass is 412 g/mol. The van der Waals surface area contributed by atoms with E-state index in [9.17, 15) is 9.59 Å². The first-order valence-corrected chi connectivity index (χ1v) is 5.75. The number of carbonyl (C=O) groups excluding carboxylic acids is 2. The summed E-state index contributed by atoms with van der Waals surface area (Å²) in [6.45, 7) is 4.93. The van der Waals surface area contributed by atoms with Crippen molar-refractivity contribution in [3.05, 3.63) is 0 Å². The molecule has 0 fully saturated rings. The van der Waals surface area contributed by atoms with Gasteiger partial charge in [0.1, 0.15) is 13.4 Å². The second-order valence-corrected chi connectivity index (χ2v) is 2.58. The van der Waals surface area contributed by atoms with E-state index in [1.807, 2.05) is 6.92 Å². The summed E-state index contributed by atoms with van der Waals surface area (Å²) in [6.07, 6.45) is 0.320. The Kier molecular flexibility index (Phi) is 198. The molecule has 0 aliphatic carbocycles. The third-order valence-electron chi connectivity index (χ3n) is 1.24. The number of rotatable bonds is 6. The van der Waals surface area contributed by atoms with Crippen LogP contribution in [0.25, 0.3) is 0 Å². The molecule has 0 aliphatic heterocycles. The van der Waals surface area contributed by atoms with Crippen LogP contribution in [-0.2, 0) is 23.8 Å². The quantitative estimate of drug-likeness (QED) is 0.430. The van der Waals surface area contributed by atoms with Gasteiger partial charge in [-0.15, -0.1) is 0 Å². The van der Waals surface area contributed by atoms with Crippen molar-refractivity contribution in [1.82, 2.24) is 0 Å². The molecule has 0 rings (SSSR count). The van der Waals surface area contributed by atoms with Crippen LogP contribution in [0.2, 0.25) is 0 Å². The first-order valence-electron chi connectivity index (χ1n) is 5.75. The van der Waals surface area contributed by atoms with Gasteiger partial charge >= 0.3 is 11.9 Å². The predicted molar refractivity (Wildman–Crippen MR) is 120 cm³/mol. The smallest absolute Gasteiger partial charge is 0.331 e. The van der Waals surface area contributed by atoms with E-state index in [1.165, 1.54) is 0 Å². The largest absolute Gasteiger partial charge is 0.464 e. The van der Waals surface area contributed by atoms with Crippen molar-refractivity contribution in [2.75, 3.05) is 33.4 Å². The molecule has 180 valence electrons. The maximum Gasteiger partial charge on any atom is 0.331 e. The fourth-order valence-corrected chi connectivity index (χ4v) is 0.472. The summed E-state index contributed by atoms with van der Waals surface area (Å²) in [5.41, 5.74) is 0. The number of carbonyl (C=O) groups is 2. The van der Waals surface area contributed by atoms with Gasteiger partial charge in [0.15, 0.2) is 6.79 Å². The zero-order valence-corrected chi connectivity index (χ0v) is 11.6. The lowest BCUT2D eigenvalue weighted by atomic mass is 10.5. The normalized spacial score (nSPS) is 5.85. The molecular weight excluding hydrogens is 356 g/mol. The highest BCUT2D eigenvalue weighted by molar-refractivity contribution is 5.70. The average molecular weight is 413 g/mol. The summed E-state index contributed by atoms with van der Waals surface area (Å²) in [7, 11) is 0. The van der Waals surface area contributed by atoms with E-state index in [1.54, 1.807) is 13.8 Å². The SMILES string of the molecule is C.C.C.C.C.C.C.C.CCC(=O)OCO.CCOC(=O)CO.CCOCO. The van der Waals surface area contributed by atoms with E-state index < -0.39 is 19.4 Å². The van der Waals surface area contributed by atoms with E-state index >= 15 is 0 Å². The zero-order chi connectivity index (χ0) is 15.5. The number of hydrogen-bond donors (Lipinski definition) is 3. The third-order valence-corrected chi connectivity index (χ3v) is 1.24. The van der Waals surface area contributed by atoms with Crippen molar-refractivity contribution in [3.63, 3.8) is 0 Å². The molecule has 0 heterocycles. The Morgan fingerprint density at radius 3 is 1.11 bits per heavy atom. The molecule has 0 bridgehead atoms. The molecule has 27 heavy (non-hydrogen) atoms. The van der Waals surface area contributed by atoms with Crippen LogP contribution in [0.5, 0.6) is 0 Å². The van der Waals surface area contributed by atoms with Gasteiger partial charge in [0.05, 0.1) is 6.61 Å². The van der Waals surface area contributed by atoms with Crippen molar-refractivity contribution in [1.29, 1.82) is 0 Å². The summed E-state index contributed by atoms with van der Waals surface area (Å²) >= 11 is 0. The standard InChI is InChI=1S/2C4H8O3.C3H8O2.8CH4/c1-2-7-4(6)3-5;1-2-4(6)7-3-5;1-2-5-3-4;;;;;;;;/h2*5H,2-3H2,1H3;4H,2-3H2,1H3;8*1H4. The summed E-state index contributed by atoms with van der Waals surface area (Å²) in [5.74, 6) is -0.940. The molecule has 0 aromatic heterocycles. The zero-order valence-electron chi connectivity index (χ0n) is 11.6. The Hall–Kier alpha value is -1.22. The second-order valence-electron chi connectivity index (χ2n) is 2.58. The maximum atomic E-state index is 10.0. The summed E-state index contributed by atoms with van der Waals surface area (Å²) < 4.78 is 12.8. The molecule has 0 atom stereocenters. The lowest BCUT2D eigenvalue weighted by Crippen LogP contribution is -2.07. The minimum Gasteiger partial charge on any atom is -0.464 e. The van der Waals surface area contributed by atoms with Crippen molar-refractivity contribution in [3.8, 4) is 0 Å². The van der Waals surface area contributed by atoms with Crippen LogP contribution in [0.3, 0.4) is 0 Å². The Labute approximate surface area is 171 Å². The van der Waals surface area contributed by atoms with Gasteiger partial charge in [-0.1, -0.05) is 66.3 Å². The van der Waals surface area contributed by atoms with Gasteiger partial charge in [0.2, 0.25) is 0 Å². The van der Waals surface area contributed by atoms with Gasteiger partial charge in [0, 0.05) is 13.0 Å². The molecule has 8 nitrogen and oxygen atoms in total. The van der Waals surface area contributed by atoms with Gasteiger partial charge in [-0.3, -0.25) is 4.79 Å². The fourth-order valence-electron chi connectivity index (χ4n) is 0.472. The predicted octanol–water partition coefficient (Wildman–Crippen LogP) is 4.49. The van der Waals surface area contributed by atoms with E-state index in [4.69, 9.17) is 15.3 Å². The Bertz CT molecular complexity index is 180. The summed E-state index contributed by atoms with van der Waals surface area (Å²) in [5, 5.41) is 23.8. The lowest BCUT2D eigenvalue weighted by Gasteiger charge is -1.93. The van der Waals surface area contributed by atoms with Crippen LogP contribution < -0.4 is 0 Å². The Morgan fingerprint density at radius 1 is 0.630 bits per heavy atom. The van der Waals surface area contributed by atoms with Crippen LogP contribution >= 0.6 is 0 Å². The molecule has 0 saturated carbocycles. The highest BCUT2D eigenvalue weighted by Gasteiger charge is 1.93. The van der Waals surface area contributed by atoms with Crippen molar-refractivity contribution in [2.24, 2.45) is 0 Å². The highest BCUT2D eigenvalue weighted by atomic mass is 16.6. The lowest BCUT2D eigenvalue weighted by molar-refractivity contribution is -0.151. The topological polar surface area (TPSA) is 123 Å². The summed E-state index contributed by atoms with van der Waals surface area (Å²) in [6, 6.07) is 0. The van der Waals surface area contributed by atoms with Gasteiger partial charge in [-0.25, -0.2) is 4.79 Å². The van der Waals surface area contributed by atoms with E-state index in [-0.39, 0.29) is 72.2 Å². The molecule has 8 heteroatoms. The molecule has 0 radical (unpaired) electrons. The third kappa shape index (κ3) is 111. The second kappa shape index (κ2) is 73.8. The number of esters is 2. The average Bonchev–Trinajstić information content (AvgIpc) is 2.41. The molecule has 0 unspecified atom stereocenters. The number of hydrogen-bond acceptors (Lipinski definition) is 8. The first kappa shape index (κ1) is 72.5. The molecule has 0 aromatic carbocycles. The highest BCUT2D eigenvalue weighted by Crippen LogP contribution is 1.79. The molecule has 0 aromatic rings. The molecule has 0 spiro atoms. The van der Waals surface area contributed by atoms with Gasteiger partial charge < -0.3 is 29.5 Å². The van der Waals surface area contributed by atoms with Gasteiger partial charge in [-0.05, 0) is 13.8 Å². The molecular formula is C19H56O8. The van der Waals surface area contributed by atoms with E-state index in [2.05, 4.69) is 14.2 Å². The maximum absolute atomic E-state index is 10.0. The van der Waals surface area contributed by atoms with E-state index in [0.29, 0.717) is 19.6 Å². The van der Waals surface area contributed by atoms with Crippen LogP contribution in [0.4, 0.5) is 0 Å². The van der Waals surface area contributed by atoms with Gasteiger partial charge in [-0.2, -0.15) is 0 Å². The number of ether oxygens (including phenoxy) is 3. The van der Waals surface area contributed by atoms with Crippen LogP contribution in [0.15, 0.2) is 0 Å². The van der Waals surface area contributed by atoms with Crippen molar-refractivity contribution >= 4 is 11.9 Å². The summed E-state index contributed by atoms with van der Waals surface area (Å²) in [4.78, 5) is 20.0. The van der Waals surface area contributed by atoms with Crippen molar-refractivity contribution in [2.45, 2.75) is 86.6 Å². The molecule has 0 aliphatic rings. The molecule has 0 amide bonds. The minimum atomic E-state index is -0.567.